The van der Waals surface area contributed by atoms with E-state index in [0.717, 1.165) is 6.42 Å². The number of ether oxygens (including phenoxy) is 2. The summed E-state index contributed by atoms with van der Waals surface area (Å²) in [6.45, 7) is 6.80. The molecule has 1 fully saturated rings. The standard InChI is InChI=1S/C17H22N2O5/c1-3-7-23-8-9-24-16(21)14-11(2)18-17(22)19-15(14)12-5-4-6-13(20)10-12/h4-6,10,14-15,20H,2-3,7-9H2,1H3,(H2,18,19,22)/t14-,15+/m1/s1. The molecule has 0 radical (unpaired) electrons. The number of hydrogen-bond donors (Lipinski definition) is 3. The molecule has 7 nitrogen and oxygen atoms in total. The van der Waals surface area contributed by atoms with Crippen molar-refractivity contribution in [3.8, 4) is 5.75 Å². The third-order valence-electron chi connectivity index (χ3n) is 3.57. The summed E-state index contributed by atoms with van der Waals surface area (Å²) in [5.74, 6) is -1.26. The minimum absolute atomic E-state index is 0.0472. The number of nitrogens with one attached hydrogen (secondary N) is 2. The van der Waals surface area contributed by atoms with Crippen molar-refractivity contribution in [3.63, 3.8) is 0 Å². The lowest BCUT2D eigenvalue weighted by atomic mass is 9.89. The zero-order valence-electron chi connectivity index (χ0n) is 13.6. The first-order chi connectivity index (χ1) is 11.5. The first kappa shape index (κ1) is 17.8. The Kier molecular flexibility index (Phi) is 6.20. The van der Waals surface area contributed by atoms with Crippen LogP contribution in [0.5, 0.6) is 5.75 Å². The van der Waals surface area contributed by atoms with Gasteiger partial charge in [0.25, 0.3) is 0 Å². The van der Waals surface area contributed by atoms with Crippen LogP contribution in [0.2, 0.25) is 0 Å². The summed E-state index contributed by atoms with van der Waals surface area (Å²) in [7, 11) is 0. The van der Waals surface area contributed by atoms with E-state index in [1.165, 1.54) is 12.1 Å². The molecule has 2 atom stereocenters. The fourth-order valence-corrected chi connectivity index (χ4v) is 2.50. The Labute approximate surface area is 140 Å². The van der Waals surface area contributed by atoms with Crippen molar-refractivity contribution < 1.29 is 24.2 Å². The molecule has 0 aliphatic carbocycles. The average molecular weight is 334 g/mol. The van der Waals surface area contributed by atoms with Crippen LogP contribution in [0.25, 0.3) is 0 Å². The van der Waals surface area contributed by atoms with Crippen molar-refractivity contribution in [1.82, 2.24) is 10.6 Å². The van der Waals surface area contributed by atoms with Gasteiger partial charge in [0.15, 0.2) is 0 Å². The fraction of sp³-hybridized carbons (Fsp3) is 0.412. The molecule has 0 spiro atoms. The smallest absolute Gasteiger partial charge is 0.319 e. The summed E-state index contributed by atoms with van der Waals surface area (Å²) in [5.41, 5.74) is 0.849. The van der Waals surface area contributed by atoms with E-state index >= 15 is 0 Å². The lowest BCUT2D eigenvalue weighted by molar-refractivity contribution is -0.150. The highest BCUT2D eigenvalue weighted by molar-refractivity contribution is 5.85. The van der Waals surface area contributed by atoms with Gasteiger partial charge < -0.3 is 25.2 Å². The maximum absolute atomic E-state index is 12.4. The summed E-state index contributed by atoms with van der Waals surface area (Å²) in [6.07, 6.45) is 0.892. The van der Waals surface area contributed by atoms with Crippen LogP contribution < -0.4 is 10.6 Å². The highest BCUT2D eigenvalue weighted by Crippen LogP contribution is 2.31. The van der Waals surface area contributed by atoms with Crippen molar-refractivity contribution >= 4 is 12.0 Å². The van der Waals surface area contributed by atoms with Crippen molar-refractivity contribution in [3.05, 3.63) is 42.1 Å². The normalized spacial score (nSPS) is 20.2. The summed E-state index contributed by atoms with van der Waals surface area (Å²) in [4.78, 5) is 24.1. The van der Waals surface area contributed by atoms with Crippen LogP contribution in [0.1, 0.15) is 24.9 Å². The van der Waals surface area contributed by atoms with E-state index in [-0.39, 0.29) is 18.1 Å². The Morgan fingerprint density at radius 1 is 1.33 bits per heavy atom. The molecular weight excluding hydrogens is 312 g/mol. The Morgan fingerprint density at radius 3 is 2.83 bits per heavy atom. The third-order valence-corrected chi connectivity index (χ3v) is 3.57. The maximum Gasteiger partial charge on any atom is 0.319 e. The molecule has 2 amide bonds. The number of rotatable bonds is 7. The maximum atomic E-state index is 12.4. The summed E-state index contributed by atoms with van der Waals surface area (Å²) >= 11 is 0. The quantitative estimate of drug-likeness (QED) is 0.522. The van der Waals surface area contributed by atoms with Gasteiger partial charge in [-0.3, -0.25) is 4.79 Å². The Morgan fingerprint density at radius 2 is 2.12 bits per heavy atom. The van der Waals surface area contributed by atoms with Gasteiger partial charge in [-0.25, -0.2) is 4.79 Å². The van der Waals surface area contributed by atoms with Crippen molar-refractivity contribution in [2.24, 2.45) is 5.92 Å². The lowest BCUT2D eigenvalue weighted by Gasteiger charge is -2.33. The van der Waals surface area contributed by atoms with E-state index in [4.69, 9.17) is 9.47 Å². The second-order valence-electron chi connectivity index (χ2n) is 5.45. The number of esters is 1. The zero-order valence-corrected chi connectivity index (χ0v) is 13.6. The number of phenolic OH excluding ortho intramolecular Hbond substituents is 1. The molecule has 2 rings (SSSR count). The number of aromatic hydroxyl groups is 1. The number of hydrogen-bond acceptors (Lipinski definition) is 5. The summed E-state index contributed by atoms with van der Waals surface area (Å²) in [6, 6.07) is 5.25. The molecule has 3 N–H and O–H groups in total. The molecule has 1 aromatic carbocycles. The number of phenols is 1. The predicted octanol–water partition coefficient (Wildman–Crippen LogP) is 1.85. The van der Waals surface area contributed by atoms with E-state index < -0.39 is 24.0 Å². The fourth-order valence-electron chi connectivity index (χ4n) is 2.50. The minimum atomic E-state index is -0.796. The van der Waals surface area contributed by atoms with Crippen LogP contribution in [-0.4, -0.2) is 36.9 Å². The number of benzene rings is 1. The van der Waals surface area contributed by atoms with E-state index in [1.54, 1.807) is 12.1 Å². The molecule has 1 saturated heterocycles. The van der Waals surface area contributed by atoms with Gasteiger partial charge >= 0.3 is 12.0 Å². The first-order valence-corrected chi connectivity index (χ1v) is 7.82. The second kappa shape index (κ2) is 8.35. The van der Waals surface area contributed by atoms with Gasteiger partial charge in [-0.1, -0.05) is 25.6 Å². The third kappa shape index (κ3) is 4.48. The van der Waals surface area contributed by atoms with Crippen LogP contribution in [-0.2, 0) is 14.3 Å². The van der Waals surface area contributed by atoms with Crippen molar-refractivity contribution in [2.75, 3.05) is 19.8 Å². The van der Waals surface area contributed by atoms with Gasteiger partial charge in [0.1, 0.15) is 18.3 Å². The SMILES string of the molecule is C=C1NC(=O)N[C@@H](c2cccc(O)c2)[C@@H]1C(=O)OCCOCCC. The average Bonchev–Trinajstić information content (AvgIpc) is 2.53. The minimum Gasteiger partial charge on any atom is -0.508 e. The van der Waals surface area contributed by atoms with Gasteiger partial charge in [-0.05, 0) is 24.1 Å². The number of amides is 2. The van der Waals surface area contributed by atoms with Crippen LogP contribution in [0.3, 0.4) is 0 Å². The van der Waals surface area contributed by atoms with Gasteiger partial charge in [-0.15, -0.1) is 0 Å². The van der Waals surface area contributed by atoms with Gasteiger partial charge in [0, 0.05) is 12.3 Å². The predicted molar refractivity (Wildman–Crippen MR) is 87.2 cm³/mol. The molecule has 130 valence electrons. The number of urea groups is 1. The highest BCUT2D eigenvalue weighted by Gasteiger charge is 2.38. The molecule has 1 aliphatic heterocycles. The van der Waals surface area contributed by atoms with E-state index in [9.17, 15) is 14.7 Å². The van der Waals surface area contributed by atoms with Crippen LogP contribution in [0, 0.1) is 5.92 Å². The van der Waals surface area contributed by atoms with Gasteiger partial charge in [0.2, 0.25) is 0 Å². The molecule has 0 bridgehead atoms. The lowest BCUT2D eigenvalue weighted by Crippen LogP contribution is -2.51. The summed E-state index contributed by atoms with van der Waals surface area (Å²) in [5, 5.41) is 14.8. The van der Waals surface area contributed by atoms with Crippen LogP contribution in [0.15, 0.2) is 36.5 Å². The van der Waals surface area contributed by atoms with Crippen LogP contribution >= 0.6 is 0 Å². The molecule has 0 saturated carbocycles. The molecule has 1 aromatic rings. The second-order valence-corrected chi connectivity index (χ2v) is 5.45. The molecule has 1 aliphatic rings. The van der Waals surface area contributed by atoms with E-state index in [2.05, 4.69) is 17.2 Å². The number of carbonyl (C=O) groups is 2. The first-order valence-electron chi connectivity index (χ1n) is 7.82. The van der Waals surface area contributed by atoms with Crippen LogP contribution in [0.4, 0.5) is 4.79 Å². The molecule has 0 aromatic heterocycles. The number of carbonyl (C=O) groups excluding carboxylic acids is 2. The zero-order chi connectivity index (χ0) is 17.5. The highest BCUT2D eigenvalue weighted by atomic mass is 16.6. The largest absolute Gasteiger partial charge is 0.508 e. The molecule has 1 heterocycles. The summed E-state index contributed by atoms with van der Waals surface area (Å²) < 4.78 is 10.5. The van der Waals surface area contributed by atoms with E-state index in [1.807, 2.05) is 6.92 Å². The Bertz CT molecular complexity index is 617. The molecule has 7 heteroatoms. The topological polar surface area (TPSA) is 96.9 Å². The van der Waals surface area contributed by atoms with Crippen molar-refractivity contribution in [1.29, 1.82) is 0 Å². The van der Waals surface area contributed by atoms with Crippen molar-refractivity contribution in [2.45, 2.75) is 19.4 Å². The molecule has 24 heavy (non-hydrogen) atoms. The Hall–Kier alpha value is -2.54. The van der Waals surface area contributed by atoms with Gasteiger partial charge in [0.05, 0.1) is 12.6 Å². The molecular formula is C17H22N2O5. The van der Waals surface area contributed by atoms with Gasteiger partial charge in [-0.2, -0.15) is 0 Å². The van der Waals surface area contributed by atoms with E-state index in [0.29, 0.717) is 18.8 Å². The monoisotopic (exact) mass is 334 g/mol. The Balaban J connectivity index is 2.09. The molecule has 0 unspecified atom stereocenters.